The molecule has 0 atom stereocenters. The Morgan fingerprint density at radius 3 is 2.85 bits per heavy atom. The largest absolute Gasteiger partial charge is 0.494 e. The van der Waals surface area contributed by atoms with Gasteiger partial charge in [0.1, 0.15) is 5.75 Å². The fraction of sp³-hybridized carbons (Fsp3) is 0.333. The first-order valence-corrected chi connectivity index (χ1v) is 4.61. The van der Waals surface area contributed by atoms with Crippen molar-refractivity contribution in [3.8, 4) is 5.75 Å². The summed E-state index contributed by atoms with van der Waals surface area (Å²) < 4.78 is 5.52. The Bertz CT molecular complexity index is 289. The van der Waals surface area contributed by atoms with Crippen LogP contribution in [-0.4, -0.2) is 6.61 Å². The van der Waals surface area contributed by atoms with Crippen LogP contribution in [-0.2, 0) is 6.42 Å². The van der Waals surface area contributed by atoms with E-state index in [1.807, 2.05) is 25.1 Å². The third kappa shape index (κ3) is 2.35. The highest BCUT2D eigenvalue weighted by molar-refractivity contribution is 5.40. The minimum atomic E-state index is 0.716. The standard InChI is InChI=1S/C12H16O/c1-4-7-11-10(3)8-6-9-12(11)13-5-2/h4,6,8-9H,1,5,7H2,2-3H3. The molecule has 1 nitrogen and oxygen atoms in total. The van der Waals surface area contributed by atoms with Gasteiger partial charge in [-0.2, -0.15) is 0 Å². The Hall–Kier alpha value is -1.24. The molecule has 1 rings (SSSR count). The van der Waals surface area contributed by atoms with Crippen LogP contribution in [0.3, 0.4) is 0 Å². The van der Waals surface area contributed by atoms with Crippen molar-refractivity contribution in [3.05, 3.63) is 42.0 Å². The zero-order valence-corrected chi connectivity index (χ0v) is 8.34. The van der Waals surface area contributed by atoms with Gasteiger partial charge in [-0.15, -0.1) is 6.58 Å². The molecule has 0 radical (unpaired) electrons. The molecule has 0 aliphatic rings. The van der Waals surface area contributed by atoms with Crippen molar-refractivity contribution >= 4 is 0 Å². The van der Waals surface area contributed by atoms with Crippen molar-refractivity contribution in [2.45, 2.75) is 20.3 Å². The van der Waals surface area contributed by atoms with E-state index in [-0.39, 0.29) is 0 Å². The molecule has 0 fully saturated rings. The van der Waals surface area contributed by atoms with Crippen molar-refractivity contribution in [1.29, 1.82) is 0 Å². The summed E-state index contributed by atoms with van der Waals surface area (Å²) in [5.41, 5.74) is 2.52. The quantitative estimate of drug-likeness (QED) is 0.640. The molecule has 1 aromatic carbocycles. The molecular formula is C12H16O. The summed E-state index contributed by atoms with van der Waals surface area (Å²) >= 11 is 0. The number of ether oxygens (including phenoxy) is 1. The molecule has 0 N–H and O–H groups in total. The summed E-state index contributed by atoms with van der Waals surface area (Å²) in [7, 11) is 0. The second kappa shape index (κ2) is 4.70. The zero-order chi connectivity index (χ0) is 9.68. The molecule has 0 saturated carbocycles. The van der Waals surface area contributed by atoms with E-state index in [0.29, 0.717) is 6.61 Å². The number of hydrogen-bond acceptors (Lipinski definition) is 1. The van der Waals surface area contributed by atoms with Crippen molar-refractivity contribution in [2.24, 2.45) is 0 Å². The first-order chi connectivity index (χ1) is 6.29. The van der Waals surface area contributed by atoms with E-state index in [0.717, 1.165) is 12.2 Å². The summed E-state index contributed by atoms with van der Waals surface area (Å²) in [4.78, 5) is 0. The highest BCUT2D eigenvalue weighted by atomic mass is 16.5. The Balaban J connectivity index is 3.01. The monoisotopic (exact) mass is 176 g/mol. The summed E-state index contributed by atoms with van der Waals surface area (Å²) in [5.74, 6) is 0.988. The molecule has 0 spiro atoms. The van der Waals surface area contributed by atoms with E-state index >= 15 is 0 Å². The molecule has 13 heavy (non-hydrogen) atoms. The van der Waals surface area contributed by atoms with E-state index in [4.69, 9.17) is 4.74 Å². The van der Waals surface area contributed by atoms with Gasteiger partial charge in [-0.25, -0.2) is 0 Å². The lowest BCUT2D eigenvalue weighted by Crippen LogP contribution is -1.97. The molecule has 0 heterocycles. The van der Waals surface area contributed by atoms with Crippen molar-refractivity contribution in [3.63, 3.8) is 0 Å². The Labute approximate surface area is 80.0 Å². The summed E-state index contributed by atoms with van der Waals surface area (Å²) in [5, 5.41) is 0. The molecule has 0 unspecified atom stereocenters. The van der Waals surface area contributed by atoms with Crippen LogP contribution in [0.4, 0.5) is 0 Å². The van der Waals surface area contributed by atoms with Crippen LogP contribution in [0.15, 0.2) is 30.9 Å². The van der Waals surface area contributed by atoms with Gasteiger partial charge in [-0.05, 0) is 31.9 Å². The highest BCUT2D eigenvalue weighted by Crippen LogP contribution is 2.22. The normalized spacial score (nSPS) is 9.69. The summed E-state index contributed by atoms with van der Waals surface area (Å²) in [6.45, 7) is 8.56. The van der Waals surface area contributed by atoms with Crippen molar-refractivity contribution in [1.82, 2.24) is 0 Å². The number of benzene rings is 1. The maximum atomic E-state index is 5.52. The smallest absolute Gasteiger partial charge is 0.123 e. The van der Waals surface area contributed by atoms with Crippen LogP contribution in [0.25, 0.3) is 0 Å². The average molecular weight is 176 g/mol. The topological polar surface area (TPSA) is 9.23 Å². The molecule has 1 aromatic rings. The van der Waals surface area contributed by atoms with Crippen LogP contribution < -0.4 is 4.74 Å². The number of hydrogen-bond donors (Lipinski definition) is 0. The second-order valence-electron chi connectivity index (χ2n) is 2.98. The second-order valence-corrected chi connectivity index (χ2v) is 2.98. The van der Waals surface area contributed by atoms with Gasteiger partial charge < -0.3 is 4.74 Å². The number of aryl methyl sites for hydroxylation is 1. The first kappa shape index (κ1) is 9.85. The van der Waals surface area contributed by atoms with Gasteiger partial charge in [0.2, 0.25) is 0 Å². The predicted molar refractivity (Wildman–Crippen MR) is 56.2 cm³/mol. The van der Waals surface area contributed by atoms with Gasteiger partial charge in [-0.3, -0.25) is 0 Å². The van der Waals surface area contributed by atoms with Crippen molar-refractivity contribution in [2.75, 3.05) is 6.61 Å². The lowest BCUT2D eigenvalue weighted by Gasteiger charge is -2.10. The lowest BCUT2D eigenvalue weighted by atomic mass is 10.0. The molecule has 0 aliphatic heterocycles. The van der Waals surface area contributed by atoms with Crippen LogP contribution in [0.1, 0.15) is 18.1 Å². The number of rotatable bonds is 4. The molecular weight excluding hydrogens is 160 g/mol. The van der Waals surface area contributed by atoms with E-state index in [1.54, 1.807) is 0 Å². The molecule has 70 valence electrons. The lowest BCUT2D eigenvalue weighted by molar-refractivity contribution is 0.337. The minimum absolute atomic E-state index is 0.716. The van der Waals surface area contributed by atoms with Gasteiger partial charge in [0.15, 0.2) is 0 Å². The van der Waals surface area contributed by atoms with E-state index in [2.05, 4.69) is 19.6 Å². The maximum absolute atomic E-state index is 5.52. The third-order valence-corrected chi connectivity index (χ3v) is 2.02. The SMILES string of the molecule is C=CCc1c(C)cccc1OCC. The van der Waals surface area contributed by atoms with E-state index < -0.39 is 0 Å². The summed E-state index contributed by atoms with van der Waals surface area (Å²) in [6.07, 6.45) is 2.78. The fourth-order valence-corrected chi connectivity index (χ4v) is 1.37. The average Bonchev–Trinajstić information content (AvgIpc) is 2.11. The molecule has 0 amide bonds. The molecule has 0 aromatic heterocycles. The van der Waals surface area contributed by atoms with Gasteiger partial charge >= 0.3 is 0 Å². The van der Waals surface area contributed by atoms with E-state index in [1.165, 1.54) is 11.1 Å². The van der Waals surface area contributed by atoms with Crippen LogP contribution in [0.5, 0.6) is 5.75 Å². The number of allylic oxidation sites excluding steroid dienone is 1. The Kier molecular flexibility index (Phi) is 3.56. The Morgan fingerprint density at radius 2 is 2.23 bits per heavy atom. The predicted octanol–water partition coefficient (Wildman–Crippen LogP) is 3.12. The highest BCUT2D eigenvalue weighted by Gasteiger charge is 2.03. The van der Waals surface area contributed by atoms with Gasteiger partial charge in [-0.1, -0.05) is 18.2 Å². The fourth-order valence-electron chi connectivity index (χ4n) is 1.37. The summed E-state index contributed by atoms with van der Waals surface area (Å²) in [6, 6.07) is 6.13. The van der Waals surface area contributed by atoms with Crippen molar-refractivity contribution < 1.29 is 4.74 Å². The molecule has 0 aliphatic carbocycles. The van der Waals surface area contributed by atoms with Crippen LogP contribution in [0, 0.1) is 6.92 Å². The third-order valence-electron chi connectivity index (χ3n) is 2.02. The zero-order valence-electron chi connectivity index (χ0n) is 8.34. The Morgan fingerprint density at radius 1 is 1.46 bits per heavy atom. The minimum Gasteiger partial charge on any atom is -0.494 e. The molecule has 0 saturated heterocycles. The van der Waals surface area contributed by atoms with Crippen LogP contribution >= 0.6 is 0 Å². The maximum Gasteiger partial charge on any atom is 0.123 e. The van der Waals surface area contributed by atoms with E-state index in [9.17, 15) is 0 Å². The van der Waals surface area contributed by atoms with Gasteiger partial charge in [0.25, 0.3) is 0 Å². The molecule has 0 bridgehead atoms. The van der Waals surface area contributed by atoms with Gasteiger partial charge in [0, 0.05) is 5.56 Å². The molecule has 1 heteroatoms. The van der Waals surface area contributed by atoms with Gasteiger partial charge in [0.05, 0.1) is 6.61 Å². The van der Waals surface area contributed by atoms with Crippen LogP contribution in [0.2, 0.25) is 0 Å². The first-order valence-electron chi connectivity index (χ1n) is 4.61.